The number of likely N-dealkylation sites (tertiary alicyclic amines) is 1. The SMILES string of the molecule is CN1CCCC(Cc2cn3cccc(C(=O)O)c3n2)C1. The third-order valence-electron chi connectivity index (χ3n) is 3.98. The van der Waals surface area contributed by atoms with E-state index in [1.807, 2.05) is 16.8 Å². The molecule has 0 amide bonds. The molecule has 5 heteroatoms. The van der Waals surface area contributed by atoms with Gasteiger partial charge in [0.25, 0.3) is 0 Å². The quantitative estimate of drug-likeness (QED) is 0.928. The van der Waals surface area contributed by atoms with Crippen molar-refractivity contribution in [3.8, 4) is 0 Å². The van der Waals surface area contributed by atoms with E-state index in [4.69, 9.17) is 0 Å². The van der Waals surface area contributed by atoms with Crippen molar-refractivity contribution in [3.05, 3.63) is 35.8 Å². The third-order valence-corrected chi connectivity index (χ3v) is 3.98. The molecular formula is C15H19N3O2. The van der Waals surface area contributed by atoms with E-state index in [0.29, 0.717) is 11.6 Å². The Morgan fingerprint density at radius 1 is 1.55 bits per heavy atom. The van der Waals surface area contributed by atoms with Gasteiger partial charge in [-0.15, -0.1) is 0 Å². The molecule has 3 heterocycles. The highest BCUT2D eigenvalue weighted by atomic mass is 16.4. The van der Waals surface area contributed by atoms with Crippen LogP contribution in [0, 0.1) is 5.92 Å². The van der Waals surface area contributed by atoms with Crippen molar-refractivity contribution in [2.45, 2.75) is 19.3 Å². The van der Waals surface area contributed by atoms with Crippen LogP contribution < -0.4 is 0 Å². The number of rotatable bonds is 3. The number of hydrogen-bond acceptors (Lipinski definition) is 3. The first-order chi connectivity index (χ1) is 9.63. The molecule has 0 bridgehead atoms. The average molecular weight is 273 g/mol. The Labute approximate surface area is 117 Å². The van der Waals surface area contributed by atoms with Gasteiger partial charge in [0.1, 0.15) is 5.56 Å². The molecule has 0 radical (unpaired) electrons. The summed E-state index contributed by atoms with van der Waals surface area (Å²) in [5.41, 5.74) is 1.79. The smallest absolute Gasteiger partial charge is 0.339 e. The van der Waals surface area contributed by atoms with E-state index in [9.17, 15) is 9.90 Å². The van der Waals surface area contributed by atoms with Crippen LogP contribution >= 0.6 is 0 Å². The molecule has 0 aliphatic carbocycles. The van der Waals surface area contributed by atoms with Gasteiger partial charge in [0.15, 0.2) is 5.65 Å². The first-order valence-electron chi connectivity index (χ1n) is 7.02. The summed E-state index contributed by atoms with van der Waals surface area (Å²) in [6.45, 7) is 2.27. The predicted octanol–water partition coefficient (Wildman–Crippen LogP) is 1.92. The van der Waals surface area contributed by atoms with E-state index in [1.54, 1.807) is 12.1 Å². The van der Waals surface area contributed by atoms with Crippen molar-refractivity contribution in [3.63, 3.8) is 0 Å². The fourth-order valence-electron chi connectivity index (χ4n) is 3.06. The molecule has 1 fully saturated rings. The van der Waals surface area contributed by atoms with Crippen LogP contribution in [0.25, 0.3) is 5.65 Å². The highest BCUT2D eigenvalue weighted by Crippen LogP contribution is 2.20. The monoisotopic (exact) mass is 273 g/mol. The molecule has 1 N–H and O–H groups in total. The van der Waals surface area contributed by atoms with E-state index in [1.165, 1.54) is 19.4 Å². The zero-order valence-electron chi connectivity index (χ0n) is 11.6. The molecule has 1 aliphatic rings. The standard InChI is InChI=1S/C15H19N3O2/c1-17-6-2-4-11(9-17)8-12-10-18-7-3-5-13(15(19)20)14(18)16-12/h3,5,7,10-11H,2,4,6,8-9H2,1H3,(H,19,20). The molecule has 2 aromatic heterocycles. The Bertz CT molecular complexity index is 635. The Kier molecular flexibility index (Phi) is 3.44. The van der Waals surface area contributed by atoms with Crippen molar-refractivity contribution >= 4 is 11.6 Å². The number of fused-ring (bicyclic) bond motifs is 1. The first kappa shape index (κ1) is 13.1. The zero-order chi connectivity index (χ0) is 14.1. The maximum Gasteiger partial charge on any atom is 0.339 e. The van der Waals surface area contributed by atoms with Crippen molar-refractivity contribution in [1.29, 1.82) is 0 Å². The van der Waals surface area contributed by atoms with E-state index in [0.717, 1.165) is 18.7 Å². The Morgan fingerprint density at radius 3 is 3.15 bits per heavy atom. The summed E-state index contributed by atoms with van der Waals surface area (Å²) in [6, 6.07) is 3.35. The summed E-state index contributed by atoms with van der Waals surface area (Å²) in [5.74, 6) is -0.308. The van der Waals surface area contributed by atoms with E-state index in [-0.39, 0.29) is 5.56 Å². The van der Waals surface area contributed by atoms with Crippen molar-refractivity contribution in [2.75, 3.05) is 20.1 Å². The van der Waals surface area contributed by atoms with Crippen LogP contribution in [-0.2, 0) is 6.42 Å². The van der Waals surface area contributed by atoms with Gasteiger partial charge in [-0.3, -0.25) is 0 Å². The largest absolute Gasteiger partial charge is 0.478 e. The van der Waals surface area contributed by atoms with Gasteiger partial charge in [0.2, 0.25) is 0 Å². The molecule has 1 saturated heterocycles. The fourth-order valence-corrected chi connectivity index (χ4v) is 3.06. The fraction of sp³-hybridized carbons (Fsp3) is 0.467. The van der Waals surface area contributed by atoms with Crippen molar-refractivity contribution in [1.82, 2.24) is 14.3 Å². The maximum absolute atomic E-state index is 11.2. The van der Waals surface area contributed by atoms with Gasteiger partial charge < -0.3 is 14.4 Å². The lowest BCUT2D eigenvalue weighted by Crippen LogP contribution is -2.33. The molecule has 1 aliphatic heterocycles. The Morgan fingerprint density at radius 2 is 2.40 bits per heavy atom. The number of hydrogen-bond donors (Lipinski definition) is 1. The van der Waals surface area contributed by atoms with E-state index < -0.39 is 5.97 Å². The van der Waals surface area contributed by atoms with Gasteiger partial charge in [-0.2, -0.15) is 0 Å². The zero-order valence-corrected chi connectivity index (χ0v) is 11.6. The molecule has 1 atom stereocenters. The molecule has 0 aromatic carbocycles. The lowest BCUT2D eigenvalue weighted by molar-refractivity contribution is 0.0698. The number of piperidine rings is 1. The predicted molar refractivity (Wildman–Crippen MR) is 76.1 cm³/mol. The summed E-state index contributed by atoms with van der Waals surface area (Å²) >= 11 is 0. The highest BCUT2D eigenvalue weighted by molar-refractivity contribution is 5.94. The Hall–Kier alpha value is -1.88. The van der Waals surface area contributed by atoms with Gasteiger partial charge in [-0.05, 0) is 50.9 Å². The van der Waals surface area contributed by atoms with Crippen molar-refractivity contribution in [2.24, 2.45) is 5.92 Å². The van der Waals surface area contributed by atoms with Gasteiger partial charge in [-0.25, -0.2) is 9.78 Å². The maximum atomic E-state index is 11.2. The Balaban J connectivity index is 1.85. The summed E-state index contributed by atoms with van der Waals surface area (Å²) < 4.78 is 1.81. The second-order valence-electron chi connectivity index (χ2n) is 5.66. The molecule has 0 spiro atoms. The van der Waals surface area contributed by atoms with Gasteiger partial charge >= 0.3 is 5.97 Å². The van der Waals surface area contributed by atoms with E-state index >= 15 is 0 Å². The average Bonchev–Trinajstić information content (AvgIpc) is 2.80. The van der Waals surface area contributed by atoms with Crippen molar-refractivity contribution < 1.29 is 9.90 Å². The molecule has 0 saturated carbocycles. The van der Waals surface area contributed by atoms with Gasteiger partial charge in [0, 0.05) is 18.9 Å². The molecule has 106 valence electrons. The van der Waals surface area contributed by atoms with Crippen LogP contribution in [0.3, 0.4) is 0 Å². The molecule has 1 unspecified atom stereocenters. The van der Waals surface area contributed by atoms with Crippen LogP contribution in [0.1, 0.15) is 28.9 Å². The summed E-state index contributed by atoms with van der Waals surface area (Å²) in [4.78, 5) is 18.1. The number of carboxylic acids is 1. The lowest BCUT2D eigenvalue weighted by atomic mass is 9.94. The first-order valence-corrected chi connectivity index (χ1v) is 7.02. The second-order valence-corrected chi connectivity index (χ2v) is 5.66. The minimum Gasteiger partial charge on any atom is -0.478 e. The normalized spacial score (nSPS) is 20.4. The molecular weight excluding hydrogens is 254 g/mol. The van der Waals surface area contributed by atoms with Crippen LogP contribution in [0.4, 0.5) is 0 Å². The van der Waals surface area contributed by atoms with Crippen LogP contribution in [0.2, 0.25) is 0 Å². The number of aromatic carboxylic acids is 1. The molecule has 20 heavy (non-hydrogen) atoms. The molecule has 5 nitrogen and oxygen atoms in total. The number of aromatic nitrogens is 2. The lowest BCUT2D eigenvalue weighted by Gasteiger charge is -2.29. The van der Waals surface area contributed by atoms with Gasteiger partial charge in [-0.1, -0.05) is 0 Å². The van der Waals surface area contributed by atoms with Crippen LogP contribution in [-0.4, -0.2) is 45.5 Å². The number of pyridine rings is 1. The second kappa shape index (κ2) is 5.25. The number of nitrogens with zero attached hydrogens (tertiary/aromatic N) is 3. The van der Waals surface area contributed by atoms with Crippen LogP contribution in [0.15, 0.2) is 24.5 Å². The summed E-state index contributed by atoms with van der Waals surface area (Å²) in [7, 11) is 2.15. The van der Waals surface area contributed by atoms with Crippen LogP contribution in [0.5, 0.6) is 0 Å². The van der Waals surface area contributed by atoms with E-state index in [2.05, 4.69) is 16.9 Å². The summed E-state index contributed by atoms with van der Waals surface area (Å²) in [5, 5.41) is 9.19. The van der Waals surface area contributed by atoms with Gasteiger partial charge in [0.05, 0.1) is 5.69 Å². The molecule has 3 rings (SSSR count). The minimum absolute atomic E-state index is 0.263. The number of carbonyl (C=O) groups is 1. The third kappa shape index (κ3) is 2.54. The number of imidazole rings is 1. The topological polar surface area (TPSA) is 57.8 Å². The highest BCUT2D eigenvalue weighted by Gasteiger charge is 2.19. The molecule has 2 aromatic rings. The summed E-state index contributed by atoms with van der Waals surface area (Å²) in [6.07, 6.45) is 7.19. The number of carboxylic acid groups (broad SMARTS) is 1. The minimum atomic E-state index is -0.926.